The number of phenols is 3. The highest BCUT2D eigenvalue weighted by Gasteiger charge is 2.22. The van der Waals surface area contributed by atoms with Crippen molar-refractivity contribution in [1.82, 2.24) is 0 Å². The van der Waals surface area contributed by atoms with Crippen LogP contribution < -0.4 is 9.64 Å². The van der Waals surface area contributed by atoms with Gasteiger partial charge in [0.1, 0.15) is 28.7 Å². The van der Waals surface area contributed by atoms with E-state index in [-0.39, 0.29) is 17.2 Å². The van der Waals surface area contributed by atoms with Crippen LogP contribution in [0.4, 0.5) is 17.1 Å². The molecule has 0 heterocycles. The fraction of sp³-hybridized carbons (Fsp3) is 0.111. The first-order valence-corrected chi connectivity index (χ1v) is 10.3. The first kappa shape index (κ1) is 21.1. The van der Waals surface area contributed by atoms with Gasteiger partial charge in [0.2, 0.25) is 0 Å². The van der Waals surface area contributed by atoms with Gasteiger partial charge >= 0.3 is 0 Å². The van der Waals surface area contributed by atoms with Gasteiger partial charge in [0.05, 0.1) is 11.4 Å². The number of phenolic OH excluding ortho intramolecular Hbond substituents is 3. The molecule has 0 aliphatic heterocycles. The van der Waals surface area contributed by atoms with E-state index in [9.17, 15) is 15.3 Å². The Balaban J connectivity index is 1.77. The third-order valence-electron chi connectivity index (χ3n) is 5.38. The van der Waals surface area contributed by atoms with Crippen LogP contribution >= 0.6 is 0 Å². The SMILES string of the molecule is Cc1cc(Oc2ccc(N(c3c(C)cccc3O)c3c(C)cccc3O)cc2)ccc1O. The quantitative estimate of drug-likeness (QED) is 0.320. The number of ether oxygens (including phenoxy) is 1. The van der Waals surface area contributed by atoms with Crippen LogP contribution in [0, 0.1) is 20.8 Å². The van der Waals surface area contributed by atoms with Crippen molar-refractivity contribution in [2.45, 2.75) is 20.8 Å². The molecule has 0 aliphatic carbocycles. The van der Waals surface area contributed by atoms with Crippen LogP contribution in [0.1, 0.15) is 16.7 Å². The molecule has 0 spiro atoms. The van der Waals surface area contributed by atoms with E-state index in [1.807, 2.05) is 62.1 Å². The Morgan fingerprint density at radius 1 is 0.562 bits per heavy atom. The van der Waals surface area contributed by atoms with E-state index in [0.29, 0.717) is 22.9 Å². The molecule has 0 saturated heterocycles. The summed E-state index contributed by atoms with van der Waals surface area (Å²) in [6.45, 7) is 5.65. The first-order valence-electron chi connectivity index (χ1n) is 10.3. The maximum Gasteiger partial charge on any atom is 0.139 e. The molecule has 4 aromatic rings. The molecule has 5 nitrogen and oxygen atoms in total. The van der Waals surface area contributed by atoms with E-state index >= 15 is 0 Å². The van der Waals surface area contributed by atoms with Gasteiger partial charge in [0.25, 0.3) is 0 Å². The van der Waals surface area contributed by atoms with E-state index in [4.69, 9.17) is 4.74 Å². The summed E-state index contributed by atoms with van der Waals surface area (Å²) in [6, 6.07) is 23.2. The molecule has 4 aromatic carbocycles. The molecule has 162 valence electrons. The lowest BCUT2D eigenvalue weighted by Crippen LogP contribution is -2.13. The summed E-state index contributed by atoms with van der Waals surface area (Å²) in [4.78, 5) is 1.85. The summed E-state index contributed by atoms with van der Waals surface area (Å²) < 4.78 is 5.93. The van der Waals surface area contributed by atoms with E-state index in [1.54, 1.807) is 42.5 Å². The summed E-state index contributed by atoms with van der Waals surface area (Å²) in [5.74, 6) is 1.71. The zero-order valence-corrected chi connectivity index (χ0v) is 18.2. The van der Waals surface area contributed by atoms with Gasteiger partial charge in [0.15, 0.2) is 0 Å². The number of nitrogens with zero attached hydrogens (tertiary/aromatic N) is 1. The molecule has 0 fully saturated rings. The van der Waals surface area contributed by atoms with Crippen molar-refractivity contribution in [2.75, 3.05) is 4.90 Å². The van der Waals surface area contributed by atoms with Crippen LogP contribution in [-0.2, 0) is 0 Å². The summed E-state index contributed by atoms with van der Waals surface area (Å²) in [5.41, 5.74) is 4.42. The molecule has 0 saturated carbocycles. The summed E-state index contributed by atoms with van der Waals surface area (Å²) >= 11 is 0. The van der Waals surface area contributed by atoms with Gasteiger partial charge < -0.3 is 25.0 Å². The van der Waals surface area contributed by atoms with Crippen molar-refractivity contribution in [1.29, 1.82) is 0 Å². The third-order valence-corrected chi connectivity index (χ3v) is 5.38. The first-order chi connectivity index (χ1) is 15.3. The second-order valence-corrected chi connectivity index (χ2v) is 7.76. The van der Waals surface area contributed by atoms with Crippen molar-refractivity contribution >= 4 is 17.1 Å². The number of hydrogen-bond donors (Lipinski definition) is 3. The molecular formula is C27H25NO4. The van der Waals surface area contributed by atoms with Gasteiger partial charge in [-0.1, -0.05) is 24.3 Å². The van der Waals surface area contributed by atoms with Crippen molar-refractivity contribution in [3.8, 4) is 28.7 Å². The highest BCUT2D eigenvalue weighted by Crippen LogP contribution is 2.46. The number of aromatic hydroxyl groups is 3. The standard InChI is InChI=1S/C27H25NO4/c1-17-6-4-8-24(30)26(17)28(27-18(2)7-5-9-25(27)31)20-10-12-21(13-11-20)32-22-14-15-23(29)19(3)16-22/h4-16,29-31H,1-3H3. The number of benzene rings is 4. The van der Waals surface area contributed by atoms with Crippen LogP contribution in [0.2, 0.25) is 0 Å². The van der Waals surface area contributed by atoms with Gasteiger partial charge in [-0.25, -0.2) is 0 Å². The maximum atomic E-state index is 10.7. The normalized spacial score (nSPS) is 10.7. The minimum atomic E-state index is 0.118. The fourth-order valence-corrected chi connectivity index (χ4v) is 3.73. The van der Waals surface area contributed by atoms with Crippen LogP contribution in [0.5, 0.6) is 28.7 Å². The number of para-hydroxylation sites is 2. The molecule has 0 unspecified atom stereocenters. The summed E-state index contributed by atoms with van der Waals surface area (Å²) in [6.07, 6.45) is 0. The molecule has 0 atom stereocenters. The smallest absolute Gasteiger partial charge is 0.139 e. The van der Waals surface area contributed by atoms with Crippen LogP contribution in [0.15, 0.2) is 78.9 Å². The average Bonchev–Trinajstić information content (AvgIpc) is 2.75. The van der Waals surface area contributed by atoms with Gasteiger partial charge in [-0.2, -0.15) is 0 Å². The van der Waals surface area contributed by atoms with E-state index in [1.165, 1.54) is 0 Å². The molecule has 0 aromatic heterocycles. The monoisotopic (exact) mass is 427 g/mol. The highest BCUT2D eigenvalue weighted by molar-refractivity contribution is 5.86. The Morgan fingerprint density at radius 2 is 1.09 bits per heavy atom. The Hall–Kier alpha value is -4.12. The molecule has 0 aliphatic rings. The number of rotatable bonds is 5. The minimum absolute atomic E-state index is 0.118. The predicted molar refractivity (Wildman–Crippen MR) is 127 cm³/mol. The van der Waals surface area contributed by atoms with E-state index in [0.717, 1.165) is 22.4 Å². The third kappa shape index (κ3) is 4.05. The topological polar surface area (TPSA) is 73.2 Å². The Morgan fingerprint density at radius 3 is 1.59 bits per heavy atom. The predicted octanol–water partition coefficient (Wildman–Crippen LogP) is 6.99. The van der Waals surface area contributed by atoms with Crippen LogP contribution in [-0.4, -0.2) is 15.3 Å². The number of hydrogen-bond acceptors (Lipinski definition) is 5. The average molecular weight is 428 g/mol. The maximum absolute atomic E-state index is 10.7. The fourth-order valence-electron chi connectivity index (χ4n) is 3.73. The van der Waals surface area contributed by atoms with Crippen molar-refractivity contribution in [2.24, 2.45) is 0 Å². The van der Waals surface area contributed by atoms with E-state index < -0.39 is 0 Å². The van der Waals surface area contributed by atoms with Crippen LogP contribution in [0.25, 0.3) is 0 Å². The van der Waals surface area contributed by atoms with Crippen molar-refractivity contribution in [3.05, 3.63) is 95.6 Å². The lowest BCUT2D eigenvalue weighted by molar-refractivity contribution is 0.460. The molecule has 4 rings (SSSR count). The van der Waals surface area contributed by atoms with E-state index in [2.05, 4.69) is 0 Å². The molecule has 0 amide bonds. The molecular weight excluding hydrogens is 402 g/mol. The lowest BCUT2D eigenvalue weighted by Gasteiger charge is -2.29. The molecule has 32 heavy (non-hydrogen) atoms. The highest BCUT2D eigenvalue weighted by atomic mass is 16.5. The lowest BCUT2D eigenvalue weighted by atomic mass is 10.1. The molecule has 0 bridgehead atoms. The Bertz CT molecular complexity index is 1170. The van der Waals surface area contributed by atoms with Gasteiger partial charge in [-0.3, -0.25) is 0 Å². The van der Waals surface area contributed by atoms with Gasteiger partial charge in [-0.15, -0.1) is 0 Å². The molecule has 5 heteroatoms. The van der Waals surface area contributed by atoms with Crippen molar-refractivity contribution in [3.63, 3.8) is 0 Å². The largest absolute Gasteiger partial charge is 0.508 e. The zero-order chi connectivity index (χ0) is 22.8. The van der Waals surface area contributed by atoms with Crippen LogP contribution in [0.3, 0.4) is 0 Å². The molecule has 3 N–H and O–H groups in total. The van der Waals surface area contributed by atoms with Gasteiger partial charge in [-0.05, 0) is 92.1 Å². The zero-order valence-electron chi connectivity index (χ0n) is 18.2. The molecule has 0 radical (unpaired) electrons. The van der Waals surface area contributed by atoms with Gasteiger partial charge in [0, 0.05) is 5.69 Å². The number of aryl methyl sites for hydroxylation is 3. The Labute approximate surface area is 187 Å². The minimum Gasteiger partial charge on any atom is -0.508 e. The Kier molecular flexibility index (Phi) is 5.65. The number of anilines is 3. The van der Waals surface area contributed by atoms with Crippen molar-refractivity contribution < 1.29 is 20.1 Å². The second-order valence-electron chi connectivity index (χ2n) is 7.76. The summed E-state index contributed by atoms with van der Waals surface area (Å²) in [5, 5.41) is 31.1. The second kappa shape index (κ2) is 8.55. The summed E-state index contributed by atoms with van der Waals surface area (Å²) in [7, 11) is 0.